The van der Waals surface area contributed by atoms with Gasteiger partial charge in [-0.2, -0.15) is 5.26 Å². The Balaban J connectivity index is 1.78. The second-order valence-electron chi connectivity index (χ2n) is 7.10. The molecule has 0 aromatic heterocycles. The molecule has 7 heteroatoms. The van der Waals surface area contributed by atoms with Crippen molar-refractivity contribution < 1.29 is 9.53 Å². The van der Waals surface area contributed by atoms with E-state index in [0.717, 1.165) is 34.8 Å². The molecule has 0 saturated heterocycles. The van der Waals surface area contributed by atoms with Crippen molar-refractivity contribution in [3.63, 3.8) is 0 Å². The van der Waals surface area contributed by atoms with Gasteiger partial charge in [0.05, 0.1) is 8.04 Å². The van der Waals surface area contributed by atoms with E-state index in [0.29, 0.717) is 18.0 Å². The number of nitriles is 1. The summed E-state index contributed by atoms with van der Waals surface area (Å²) in [6.45, 7) is 4.35. The number of anilines is 1. The molecule has 0 spiro atoms. The van der Waals surface area contributed by atoms with E-state index in [1.807, 2.05) is 74.5 Å². The molecule has 162 valence electrons. The van der Waals surface area contributed by atoms with E-state index in [4.69, 9.17) is 4.74 Å². The van der Waals surface area contributed by atoms with Gasteiger partial charge in [-0.1, -0.05) is 40.2 Å². The Kier molecular flexibility index (Phi) is 8.51. The average molecular weight is 666 g/mol. The minimum atomic E-state index is -0.442. The van der Waals surface area contributed by atoms with Crippen LogP contribution < -0.4 is 10.1 Å². The summed E-state index contributed by atoms with van der Waals surface area (Å²) in [6, 6.07) is 19.3. The van der Waals surface area contributed by atoms with Gasteiger partial charge in [0.15, 0.2) is 0 Å². The number of nitrogens with one attached hydrogen (secondary N) is 1. The van der Waals surface area contributed by atoms with E-state index in [-0.39, 0.29) is 5.57 Å². The molecule has 0 aliphatic heterocycles. The minimum absolute atomic E-state index is 0.0251. The summed E-state index contributed by atoms with van der Waals surface area (Å²) in [5, 5.41) is 12.4. The quantitative estimate of drug-likeness (QED) is 0.168. The van der Waals surface area contributed by atoms with Crippen LogP contribution in [0.25, 0.3) is 6.08 Å². The molecule has 1 N–H and O–H groups in total. The number of halogens is 3. The lowest BCUT2D eigenvalue weighted by molar-refractivity contribution is -0.112. The first-order valence-corrected chi connectivity index (χ1v) is 12.3. The summed E-state index contributed by atoms with van der Waals surface area (Å²) >= 11 is 9.17. The van der Waals surface area contributed by atoms with Crippen LogP contribution in [0.3, 0.4) is 0 Å². The van der Waals surface area contributed by atoms with E-state index in [9.17, 15) is 10.1 Å². The topological polar surface area (TPSA) is 62.1 Å². The molecule has 0 fully saturated rings. The molecule has 3 rings (SSSR count). The number of hydrogen-bond donors (Lipinski definition) is 1. The van der Waals surface area contributed by atoms with Crippen molar-refractivity contribution in [3.8, 4) is 11.8 Å². The van der Waals surface area contributed by atoms with E-state index in [1.165, 1.54) is 0 Å². The molecular weight excluding hydrogens is 647 g/mol. The number of carbonyl (C=O) groups is 1. The van der Waals surface area contributed by atoms with E-state index < -0.39 is 5.91 Å². The van der Waals surface area contributed by atoms with E-state index in [2.05, 4.69) is 59.8 Å². The fraction of sp³-hybridized carbons (Fsp3) is 0.120. The highest BCUT2D eigenvalue weighted by atomic mass is 127. The van der Waals surface area contributed by atoms with Crippen molar-refractivity contribution in [2.45, 2.75) is 20.5 Å². The maximum atomic E-state index is 12.7. The molecule has 0 aliphatic rings. The van der Waals surface area contributed by atoms with Crippen LogP contribution in [0.4, 0.5) is 5.69 Å². The summed E-state index contributed by atoms with van der Waals surface area (Å²) < 4.78 is 8.63. The standard InChI is InChI=1S/C25H19Br2IN2O2/c1-15-4-3-5-23(16(15)2)30-25(31)19(13-29)10-18-11-21(27)24(22(28)12-18)32-14-17-6-8-20(26)9-7-17/h3-12H,14H2,1-2H3,(H,30,31)/b19-10+. The highest BCUT2D eigenvalue weighted by Gasteiger charge is 2.14. The van der Waals surface area contributed by atoms with Crippen molar-refractivity contribution in [1.29, 1.82) is 5.26 Å². The van der Waals surface area contributed by atoms with Crippen molar-refractivity contribution >= 4 is 72.1 Å². The first-order valence-electron chi connectivity index (χ1n) is 9.64. The number of benzene rings is 3. The molecule has 0 radical (unpaired) electrons. The number of aryl methyl sites for hydroxylation is 1. The third kappa shape index (κ3) is 6.21. The predicted octanol–water partition coefficient (Wildman–Crippen LogP) is 7.56. The Morgan fingerprint density at radius 2 is 1.88 bits per heavy atom. The zero-order valence-corrected chi connectivity index (χ0v) is 22.7. The maximum absolute atomic E-state index is 12.7. The Labute approximate surface area is 218 Å². The molecule has 0 unspecified atom stereocenters. The SMILES string of the molecule is Cc1cccc(NC(=O)/C(C#N)=C/c2cc(Br)c(OCc3ccc(Br)cc3)c(I)c2)c1C. The number of nitrogens with zero attached hydrogens (tertiary/aromatic N) is 1. The van der Waals surface area contributed by atoms with Gasteiger partial charge in [-0.25, -0.2) is 0 Å². The van der Waals surface area contributed by atoms with Gasteiger partial charge >= 0.3 is 0 Å². The third-order valence-corrected chi connectivity index (χ3v) is 6.76. The van der Waals surface area contributed by atoms with Crippen LogP contribution >= 0.6 is 54.5 Å². The van der Waals surface area contributed by atoms with Gasteiger partial charge in [0.1, 0.15) is 24.0 Å². The molecule has 0 aliphatic carbocycles. The molecule has 4 nitrogen and oxygen atoms in total. The summed E-state index contributed by atoms with van der Waals surface area (Å²) in [4.78, 5) is 12.7. The summed E-state index contributed by atoms with van der Waals surface area (Å²) in [5.74, 6) is 0.270. The molecule has 32 heavy (non-hydrogen) atoms. The minimum Gasteiger partial charge on any atom is -0.487 e. The second-order valence-corrected chi connectivity index (χ2v) is 10.0. The van der Waals surface area contributed by atoms with Crippen LogP contribution in [-0.2, 0) is 11.4 Å². The summed E-state index contributed by atoms with van der Waals surface area (Å²) in [7, 11) is 0. The van der Waals surface area contributed by atoms with E-state index >= 15 is 0 Å². The largest absolute Gasteiger partial charge is 0.487 e. The van der Waals surface area contributed by atoms with Crippen LogP contribution in [0.1, 0.15) is 22.3 Å². The molecule has 0 bridgehead atoms. The van der Waals surface area contributed by atoms with Gasteiger partial charge in [-0.05, 0) is 111 Å². The second kappa shape index (κ2) is 11.1. The number of amides is 1. The Morgan fingerprint density at radius 1 is 1.16 bits per heavy atom. The molecule has 0 heterocycles. The molecule has 0 atom stereocenters. The van der Waals surface area contributed by atoms with Gasteiger partial charge < -0.3 is 10.1 Å². The van der Waals surface area contributed by atoms with Crippen molar-refractivity contribution in [2.75, 3.05) is 5.32 Å². The van der Waals surface area contributed by atoms with Crippen molar-refractivity contribution in [2.24, 2.45) is 0 Å². The molecule has 3 aromatic rings. The number of hydrogen-bond acceptors (Lipinski definition) is 3. The highest BCUT2D eigenvalue weighted by molar-refractivity contribution is 14.1. The average Bonchev–Trinajstić information content (AvgIpc) is 2.76. The highest BCUT2D eigenvalue weighted by Crippen LogP contribution is 2.33. The van der Waals surface area contributed by atoms with Gasteiger partial charge in [-0.3, -0.25) is 4.79 Å². The Hall–Kier alpha value is -2.15. The maximum Gasteiger partial charge on any atom is 0.266 e. The van der Waals surface area contributed by atoms with E-state index in [1.54, 1.807) is 6.08 Å². The van der Waals surface area contributed by atoms with Gasteiger partial charge in [-0.15, -0.1) is 0 Å². The van der Waals surface area contributed by atoms with Crippen LogP contribution in [-0.4, -0.2) is 5.91 Å². The molecule has 0 saturated carbocycles. The van der Waals surface area contributed by atoms with Crippen LogP contribution in [0.15, 0.2) is 69.1 Å². The number of rotatable bonds is 6. The number of carbonyl (C=O) groups excluding carboxylic acids is 1. The molecular formula is C25H19Br2IN2O2. The van der Waals surface area contributed by atoms with Crippen LogP contribution in [0.2, 0.25) is 0 Å². The lowest BCUT2D eigenvalue weighted by Crippen LogP contribution is -2.14. The zero-order chi connectivity index (χ0) is 23.3. The smallest absolute Gasteiger partial charge is 0.266 e. The predicted molar refractivity (Wildman–Crippen MR) is 143 cm³/mol. The van der Waals surface area contributed by atoms with Crippen molar-refractivity contribution in [3.05, 3.63) is 94.9 Å². The Bertz CT molecular complexity index is 1210. The first kappa shape index (κ1) is 24.5. The van der Waals surface area contributed by atoms with Gasteiger partial charge in [0, 0.05) is 10.2 Å². The summed E-state index contributed by atoms with van der Waals surface area (Å²) in [6.07, 6.45) is 1.58. The van der Waals surface area contributed by atoms with Gasteiger partial charge in [0.2, 0.25) is 0 Å². The first-order chi connectivity index (χ1) is 15.3. The third-order valence-electron chi connectivity index (χ3n) is 4.85. The number of ether oxygens (including phenoxy) is 1. The van der Waals surface area contributed by atoms with Crippen LogP contribution in [0, 0.1) is 28.7 Å². The summed E-state index contributed by atoms with van der Waals surface area (Å²) in [5.41, 5.74) is 4.55. The lowest BCUT2D eigenvalue weighted by Gasteiger charge is -2.12. The van der Waals surface area contributed by atoms with Crippen molar-refractivity contribution in [1.82, 2.24) is 0 Å². The fourth-order valence-electron chi connectivity index (χ4n) is 2.93. The monoisotopic (exact) mass is 664 g/mol. The normalized spacial score (nSPS) is 11.1. The Morgan fingerprint density at radius 3 is 2.53 bits per heavy atom. The van der Waals surface area contributed by atoms with Crippen LogP contribution in [0.5, 0.6) is 5.75 Å². The molecule has 1 amide bonds. The van der Waals surface area contributed by atoms with Gasteiger partial charge in [0.25, 0.3) is 5.91 Å². The lowest BCUT2D eigenvalue weighted by atomic mass is 10.1. The fourth-order valence-corrected chi connectivity index (χ4v) is 4.96. The molecule has 3 aromatic carbocycles. The zero-order valence-electron chi connectivity index (χ0n) is 17.4.